The van der Waals surface area contributed by atoms with Crippen LogP contribution in [0.5, 0.6) is 0 Å². The molecular formula is C13H10ClF3N2O4S. The lowest BCUT2D eigenvalue weighted by Gasteiger charge is -2.18. The summed E-state index contributed by atoms with van der Waals surface area (Å²) >= 11 is 5.67. The van der Waals surface area contributed by atoms with Crippen molar-refractivity contribution in [1.29, 1.82) is 5.26 Å². The molecule has 1 aromatic rings. The van der Waals surface area contributed by atoms with Gasteiger partial charge in [-0.15, -0.1) is 0 Å². The van der Waals surface area contributed by atoms with Gasteiger partial charge in [0.05, 0.1) is 17.4 Å². The van der Waals surface area contributed by atoms with E-state index in [1.54, 1.807) is 6.07 Å². The molecule has 0 spiro atoms. The average molecular weight is 383 g/mol. The molecule has 11 heteroatoms. The Morgan fingerprint density at radius 3 is 2.46 bits per heavy atom. The molecule has 0 amide bonds. The van der Waals surface area contributed by atoms with Crippen LogP contribution in [0.1, 0.15) is 5.56 Å². The van der Waals surface area contributed by atoms with Crippen LogP contribution in [0.2, 0.25) is 5.02 Å². The van der Waals surface area contributed by atoms with E-state index in [1.165, 1.54) is 6.07 Å². The Morgan fingerprint density at radius 2 is 2.00 bits per heavy atom. The molecule has 1 aliphatic rings. The fourth-order valence-corrected chi connectivity index (χ4v) is 4.29. The molecule has 1 heterocycles. The molecule has 0 unspecified atom stereocenters. The summed E-state index contributed by atoms with van der Waals surface area (Å²) in [6.45, 7) is -1.84. The van der Waals surface area contributed by atoms with E-state index < -0.39 is 52.0 Å². The van der Waals surface area contributed by atoms with Gasteiger partial charge in [-0.05, 0) is 18.2 Å². The van der Waals surface area contributed by atoms with Gasteiger partial charge in [0.2, 0.25) is 10.0 Å². The normalized spacial score (nSPS) is 22.3. The molecule has 1 saturated heterocycles. The van der Waals surface area contributed by atoms with Crippen LogP contribution < -0.4 is 0 Å². The summed E-state index contributed by atoms with van der Waals surface area (Å²) in [6.07, 6.45) is -4.86. The number of hydrogen-bond acceptors (Lipinski definition) is 4. The van der Waals surface area contributed by atoms with Crippen molar-refractivity contribution in [3.8, 4) is 6.07 Å². The van der Waals surface area contributed by atoms with Crippen LogP contribution in [0.3, 0.4) is 0 Å². The highest BCUT2D eigenvalue weighted by molar-refractivity contribution is 7.89. The second kappa shape index (κ2) is 6.23. The van der Waals surface area contributed by atoms with E-state index in [-0.39, 0.29) is 10.6 Å². The topological polar surface area (TPSA) is 98.5 Å². The number of nitriles is 1. The molecule has 6 nitrogen and oxygen atoms in total. The van der Waals surface area contributed by atoms with Crippen molar-refractivity contribution in [1.82, 2.24) is 4.31 Å². The molecule has 1 N–H and O–H groups in total. The fraction of sp³-hybridized carbons (Fsp3) is 0.385. The SMILES string of the molecule is N#Cc1cc(Cl)ccc1S(=O)(=O)N1C[C@@H](C(F)(F)F)[C@H](C(=O)O)C1. The molecule has 0 aromatic heterocycles. The molecule has 0 saturated carbocycles. The van der Waals surface area contributed by atoms with Crippen LogP contribution >= 0.6 is 11.6 Å². The lowest BCUT2D eigenvalue weighted by atomic mass is 9.96. The zero-order valence-electron chi connectivity index (χ0n) is 11.8. The summed E-state index contributed by atoms with van der Waals surface area (Å²) in [5.41, 5.74) is -0.329. The zero-order chi connectivity index (χ0) is 18.3. The molecule has 0 bridgehead atoms. The standard InChI is InChI=1S/C13H10ClF3N2O4S/c14-8-1-2-11(7(3-8)4-18)24(22,23)19-5-9(12(20)21)10(6-19)13(15,16)17/h1-3,9-10H,5-6H2,(H,20,21)/t9-,10-/m1/s1. The minimum atomic E-state index is -4.86. The van der Waals surface area contributed by atoms with Crippen LogP contribution in [0, 0.1) is 23.2 Å². The average Bonchev–Trinajstić information content (AvgIpc) is 2.93. The van der Waals surface area contributed by atoms with E-state index in [0.29, 0.717) is 4.31 Å². The monoisotopic (exact) mass is 382 g/mol. The summed E-state index contributed by atoms with van der Waals surface area (Å²) in [5.74, 6) is -5.95. The van der Waals surface area contributed by atoms with Crippen molar-refractivity contribution < 1.29 is 31.5 Å². The maximum absolute atomic E-state index is 13.0. The molecule has 130 valence electrons. The van der Waals surface area contributed by atoms with E-state index in [9.17, 15) is 26.4 Å². The van der Waals surface area contributed by atoms with Crippen molar-refractivity contribution in [2.75, 3.05) is 13.1 Å². The van der Waals surface area contributed by atoms with Gasteiger partial charge in [0.1, 0.15) is 11.0 Å². The van der Waals surface area contributed by atoms with Gasteiger partial charge in [-0.2, -0.15) is 22.7 Å². The number of aliphatic carboxylic acids is 1. The van der Waals surface area contributed by atoms with E-state index in [2.05, 4.69) is 0 Å². The third-order valence-corrected chi connectivity index (χ3v) is 5.83. The maximum atomic E-state index is 13.0. The molecular weight excluding hydrogens is 373 g/mol. The molecule has 24 heavy (non-hydrogen) atoms. The number of hydrogen-bond donors (Lipinski definition) is 1. The Labute approximate surface area is 140 Å². The van der Waals surface area contributed by atoms with E-state index in [1.807, 2.05) is 0 Å². The summed E-state index contributed by atoms with van der Waals surface area (Å²) in [5, 5.41) is 18.0. The minimum absolute atomic E-state index is 0.0866. The molecule has 1 fully saturated rings. The van der Waals surface area contributed by atoms with Crippen molar-refractivity contribution >= 4 is 27.6 Å². The summed E-state index contributed by atoms with van der Waals surface area (Å²) in [6, 6.07) is 4.87. The van der Waals surface area contributed by atoms with Gasteiger partial charge >= 0.3 is 12.1 Å². The van der Waals surface area contributed by atoms with Gasteiger partial charge in [-0.3, -0.25) is 4.79 Å². The summed E-state index contributed by atoms with van der Waals surface area (Å²) in [7, 11) is -4.47. The number of rotatable bonds is 3. The Kier molecular flexibility index (Phi) is 4.81. The first-order chi connectivity index (χ1) is 11.0. The van der Waals surface area contributed by atoms with E-state index in [0.717, 1.165) is 12.1 Å². The first-order valence-electron chi connectivity index (χ1n) is 6.47. The largest absolute Gasteiger partial charge is 0.481 e. The first kappa shape index (κ1) is 18.5. The molecule has 0 aliphatic carbocycles. The Hall–Kier alpha value is -1.83. The van der Waals surface area contributed by atoms with E-state index >= 15 is 0 Å². The highest BCUT2D eigenvalue weighted by Gasteiger charge is 2.55. The molecule has 1 aromatic carbocycles. The predicted octanol–water partition coefficient (Wildman–Crippen LogP) is 2.10. The van der Waals surface area contributed by atoms with Crippen molar-refractivity contribution in [3.63, 3.8) is 0 Å². The highest BCUT2D eigenvalue weighted by Crippen LogP contribution is 2.40. The van der Waals surface area contributed by atoms with Crippen LogP contribution in [0.15, 0.2) is 23.1 Å². The van der Waals surface area contributed by atoms with Crippen molar-refractivity contribution in [3.05, 3.63) is 28.8 Å². The van der Waals surface area contributed by atoms with Gasteiger partial charge < -0.3 is 5.11 Å². The van der Waals surface area contributed by atoms with Crippen molar-refractivity contribution in [2.45, 2.75) is 11.1 Å². The van der Waals surface area contributed by atoms with Gasteiger partial charge in [-0.1, -0.05) is 11.6 Å². The smallest absolute Gasteiger partial charge is 0.393 e. The van der Waals surface area contributed by atoms with Crippen LogP contribution in [0.4, 0.5) is 13.2 Å². The number of halogens is 4. The number of sulfonamides is 1. The number of carbonyl (C=O) groups is 1. The number of nitrogens with zero attached hydrogens (tertiary/aromatic N) is 2. The lowest BCUT2D eigenvalue weighted by molar-refractivity contribution is -0.187. The molecule has 2 rings (SSSR count). The minimum Gasteiger partial charge on any atom is -0.481 e. The Balaban J connectivity index is 2.45. The predicted molar refractivity (Wildman–Crippen MR) is 75.6 cm³/mol. The van der Waals surface area contributed by atoms with Gasteiger partial charge in [0, 0.05) is 18.1 Å². The Bertz CT molecular complexity index is 819. The third-order valence-electron chi connectivity index (χ3n) is 3.70. The zero-order valence-corrected chi connectivity index (χ0v) is 13.4. The quantitative estimate of drug-likeness (QED) is 0.863. The van der Waals surface area contributed by atoms with Gasteiger partial charge in [0.25, 0.3) is 0 Å². The fourth-order valence-electron chi connectivity index (χ4n) is 2.50. The first-order valence-corrected chi connectivity index (χ1v) is 8.29. The van der Waals surface area contributed by atoms with Crippen LogP contribution in [0.25, 0.3) is 0 Å². The molecule has 0 radical (unpaired) electrons. The highest BCUT2D eigenvalue weighted by atomic mass is 35.5. The van der Waals surface area contributed by atoms with Crippen molar-refractivity contribution in [2.24, 2.45) is 11.8 Å². The third kappa shape index (κ3) is 3.33. The number of benzene rings is 1. The second-order valence-corrected chi connectivity index (χ2v) is 7.51. The van der Waals surface area contributed by atoms with Gasteiger partial charge in [0.15, 0.2) is 0 Å². The summed E-state index contributed by atoms with van der Waals surface area (Å²) < 4.78 is 64.5. The lowest BCUT2D eigenvalue weighted by Crippen LogP contribution is -2.34. The summed E-state index contributed by atoms with van der Waals surface area (Å²) in [4.78, 5) is 10.5. The van der Waals surface area contributed by atoms with Crippen LogP contribution in [-0.4, -0.2) is 43.1 Å². The number of carboxylic acids is 1. The Morgan fingerprint density at radius 1 is 1.38 bits per heavy atom. The molecule has 1 aliphatic heterocycles. The number of alkyl halides is 3. The second-order valence-electron chi connectivity index (χ2n) is 5.17. The maximum Gasteiger partial charge on any atom is 0.393 e. The van der Waals surface area contributed by atoms with E-state index in [4.69, 9.17) is 22.0 Å². The molecule has 2 atom stereocenters. The van der Waals surface area contributed by atoms with Crippen LogP contribution in [-0.2, 0) is 14.8 Å². The number of carboxylic acid groups (broad SMARTS) is 1. The van der Waals surface area contributed by atoms with Gasteiger partial charge in [-0.25, -0.2) is 8.42 Å².